The van der Waals surface area contributed by atoms with Crippen LogP contribution in [0.15, 0.2) is 45.5 Å². The topological polar surface area (TPSA) is 113 Å². The highest BCUT2D eigenvalue weighted by atomic mass is 32.2. The molecular weight excluding hydrogens is 432 g/mol. The Morgan fingerprint density at radius 2 is 1.55 bits per heavy atom. The van der Waals surface area contributed by atoms with Gasteiger partial charge in [0.1, 0.15) is 0 Å². The maximum atomic E-state index is 12.8. The van der Waals surface area contributed by atoms with Crippen molar-refractivity contribution in [2.45, 2.75) is 42.4 Å². The van der Waals surface area contributed by atoms with Crippen molar-refractivity contribution in [3.8, 4) is 0 Å². The van der Waals surface area contributed by atoms with Crippen LogP contribution in [0, 0.1) is 6.92 Å². The molecule has 1 heterocycles. The van der Waals surface area contributed by atoms with Gasteiger partial charge in [0.15, 0.2) is 0 Å². The molecule has 0 spiro atoms. The normalized spacial score (nSPS) is 11.5. The van der Waals surface area contributed by atoms with E-state index in [4.69, 9.17) is 5.73 Å². The number of thiophene rings is 1. The summed E-state index contributed by atoms with van der Waals surface area (Å²) in [7, 11) is -3.62. The first-order chi connectivity index (χ1) is 15.0. The number of benzene rings is 1. The molecule has 0 saturated heterocycles. The number of hydrogen-bond acceptors (Lipinski definition) is 7. The molecule has 0 radical (unpaired) electrons. The molecule has 0 fully saturated rings. The third-order valence-corrected chi connectivity index (χ3v) is 8.00. The third-order valence-electron chi connectivity index (χ3n) is 4.87. The summed E-state index contributed by atoms with van der Waals surface area (Å²) in [4.78, 5) is 13.4. The van der Waals surface area contributed by atoms with Crippen LogP contribution in [0.1, 0.15) is 40.9 Å². The van der Waals surface area contributed by atoms with E-state index in [1.165, 1.54) is 11.3 Å². The van der Waals surface area contributed by atoms with Crippen molar-refractivity contribution in [2.24, 2.45) is 5.73 Å². The van der Waals surface area contributed by atoms with E-state index in [0.717, 1.165) is 58.4 Å². The highest BCUT2D eigenvalue weighted by Gasteiger charge is 2.25. The number of nitrogens with one attached hydrogen (secondary N) is 3. The van der Waals surface area contributed by atoms with Gasteiger partial charge in [0.25, 0.3) is 5.91 Å². The Hall–Kier alpha value is -1.78. The Bertz CT molecular complexity index is 899. The molecular formula is C22H34N4O3S2. The molecule has 31 heavy (non-hydrogen) atoms. The predicted molar refractivity (Wildman–Crippen MR) is 127 cm³/mol. The fourth-order valence-electron chi connectivity index (χ4n) is 3.09. The number of unbranched alkanes of at least 4 members (excludes halogenated alkanes) is 1. The number of rotatable bonds is 15. The lowest BCUT2D eigenvalue weighted by molar-refractivity contribution is 0.0956. The van der Waals surface area contributed by atoms with Gasteiger partial charge in [-0.15, -0.1) is 11.3 Å². The maximum Gasteiger partial charge on any atom is 0.261 e. The standard InChI is InChI=1S/C22H34N4O3S2/c1-18-20(31(28,29)19-9-3-2-4-10-19)17-30-21(18)22(27)26-16-8-15-25-13-6-5-12-24-14-7-11-23/h2-4,9-10,17,24-25H,5-8,11-16,23H2,1H3,(H,26,27). The van der Waals surface area contributed by atoms with Crippen LogP contribution in [0.2, 0.25) is 0 Å². The van der Waals surface area contributed by atoms with Crippen molar-refractivity contribution >= 4 is 27.1 Å². The number of carbonyl (C=O) groups is 1. The maximum absolute atomic E-state index is 12.8. The summed E-state index contributed by atoms with van der Waals surface area (Å²) in [5, 5.41) is 11.2. The number of sulfone groups is 1. The number of amides is 1. The molecule has 0 unspecified atom stereocenters. The van der Waals surface area contributed by atoms with E-state index < -0.39 is 9.84 Å². The van der Waals surface area contributed by atoms with Crippen molar-refractivity contribution in [1.82, 2.24) is 16.0 Å². The molecule has 0 bridgehead atoms. The minimum atomic E-state index is -3.62. The van der Waals surface area contributed by atoms with Gasteiger partial charge in [0.05, 0.1) is 14.7 Å². The number of nitrogens with two attached hydrogens (primary N) is 1. The fraction of sp³-hybridized carbons (Fsp3) is 0.500. The predicted octanol–water partition coefficient (Wildman–Crippen LogP) is 2.32. The molecule has 0 aliphatic carbocycles. The SMILES string of the molecule is Cc1c(S(=O)(=O)c2ccccc2)csc1C(=O)NCCCNCCCCNCCCN. The van der Waals surface area contributed by atoms with Crippen LogP contribution in [-0.2, 0) is 9.84 Å². The van der Waals surface area contributed by atoms with E-state index in [1.54, 1.807) is 42.6 Å². The van der Waals surface area contributed by atoms with Gasteiger partial charge in [0, 0.05) is 11.9 Å². The van der Waals surface area contributed by atoms with Crippen LogP contribution in [0.25, 0.3) is 0 Å². The number of carbonyl (C=O) groups excluding carboxylic acids is 1. The zero-order valence-corrected chi connectivity index (χ0v) is 19.8. The van der Waals surface area contributed by atoms with Crippen LogP contribution < -0.4 is 21.7 Å². The average Bonchev–Trinajstić information content (AvgIpc) is 3.17. The van der Waals surface area contributed by atoms with Gasteiger partial charge in [-0.3, -0.25) is 4.79 Å². The molecule has 0 saturated carbocycles. The van der Waals surface area contributed by atoms with Crippen molar-refractivity contribution in [1.29, 1.82) is 0 Å². The lowest BCUT2D eigenvalue weighted by atomic mass is 10.2. The Morgan fingerprint density at radius 3 is 2.19 bits per heavy atom. The molecule has 0 aliphatic rings. The molecule has 0 aliphatic heterocycles. The smallest absolute Gasteiger partial charge is 0.261 e. The largest absolute Gasteiger partial charge is 0.351 e. The van der Waals surface area contributed by atoms with Crippen LogP contribution in [0.3, 0.4) is 0 Å². The van der Waals surface area contributed by atoms with Gasteiger partial charge in [-0.1, -0.05) is 18.2 Å². The van der Waals surface area contributed by atoms with E-state index in [-0.39, 0.29) is 15.7 Å². The minimum absolute atomic E-state index is 0.202. The molecule has 5 N–H and O–H groups in total. The lowest BCUT2D eigenvalue weighted by Crippen LogP contribution is -2.27. The Labute approximate surface area is 189 Å². The van der Waals surface area contributed by atoms with Crippen LogP contribution in [0.4, 0.5) is 0 Å². The summed E-state index contributed by atoms with van der Waals surface area (Å²) in [6, 6.07) is 8.29. The molecule has 9 heteroatoms. The molecule has 7 nitrogen and oxygen atoms in total. The molecule has 0 atom stereocenters. The number of hydrogen-bond donors (Lipinski definition) is 4. The van der Waals surface area contributed by atoms with Crippen molar-refractivity contribution in [3.63, 3.8) is 0 Å². The lowest BCUT2D eigenvalue weighted by Gasteiger charge is -2.08. The monoisotopic (exact) mass is 466 g/mol. The molecule has 1 aromatic carbocycles. The first-order valence-corrected chi connectivity index (χ1v) is 13.1. The highest BCUT2D eigenvalue weighted by molar-refractivity contribution is 7.91. The van der Waals surface area contributed by atoms with Crippen LogP contribution in [0.5, 0.6) is 0 Å². The third kappa shape index (κ3) is 8.01. The summed E-state index contributed by atoms with van der Waals surface area (Å²) >= 11 is 1.17. The molecule has 2 rings (SSSR count). The molecule has 2 aromatic rings. The molecule has 172 valence electrons. The van der Waals surface area contributed by atoms with Crippen molar-refractivity contribution < 1.29 is 13.2 Å². The van der Waals surface area contributed by atoms with E-state index >= 15 is 0 Å². The Kier molecular flexibility index (Phi) is 11.2. The van der Waals surface area contributed by atoms with E-state index in [1.807, 2.05) is 0 Å². The first kappa shape index (κ1) is 25.5. The summed E-state index contributed by atoms with van der Waals surface area (Å²) < 4.78 is 25.6. The summed E-state index contributed by atoms with van der Waals surface area (Å²) in [6.45, 7) is 6.74. The zero-order chi connectivity index (χ0) is 22.5. The summed E-state index contributed by atoms with van der Waals surface area (Å²) in [5.41, 5.74) is 5.95. The average molecular weight is 467 g/mol. The minimum Gasteiger partial charge on any atom is -0.351 e. The van der Waals surface area contributed by atoms with Gasteiger partial charge in [-0.05, 0) is 83.0 Å². The Morgan fingerprint density at radius 1 is 0.935 bits per heavy atom. The van der Waals surface area contributed by atoms with Crippen LogP contribution >= 0.6 is 11.3 Å². The second kappa shape index (κ2) is 13.6. The summed E-state index contributed by atoms with van der Waals surface area (Å²) in [5.74, 6) is -0.222. The summed E-state index contributed by atoms with van der Waals surface area (Å²) in [6.07, 6.45) is 4.06. The fourth-order valence-corrected chi connectivity index (χ4v) is 5.95. The van der Waals surface area contributed by atoms with E-state index in [2.05, 4.69) is 16.0 Å². The van der Waals surface area contributed by atoms with Crippen LogP contribution in [-0.4, -0.2) is 53.6 Å². The van der Waals surface area contributed by atoms with Gasteiger partial charge in [-0.2, -0.15) is 0 Å². The van der Waals surface area contributed by atoms with E-state index in [0.29, 0.717) is 17.0 Å². The van der Waals surface area contributed by atoms with Crippen molar-refractivity contribution in [2.75, 3.05) is 39.3 Å². The molecule has 1 amide bonds. The quantitative estimate of drug-likeness (QED) is 0.300. The van der Waals surface area contributed by atoms with E-state index in [9.17, 15) is 13.2 Å². The van der Waals surface area contributed by atoms with Gasteiger partial charge < -0.3 is 21.7 Å². The first-order valence-electron chi connectivity index (χ1n) is 10.8. The Balaban J connectivity index is 1.68. The van der Waals surface area contributed by atoms with Gasteiger partial charge >= 0.3 is 0 Å². The highest BCUT2D eigenvalue weighted by Crippen LogP contribution is 2.30. The van der Waals surface area contributed by atoms with Crippen molar-refractivity contribution in [3.05, 3.63) is 46.2 Å². The van der Waals surface area contributed by atoms with Gasteiger partial charge in [-0.25, -0.2) is 8.42 Å². The second-order valence-corrected chi connectivity index (χ2v) is 10.1. The second-order valence-electron chi connectivity index (χ2n) is 7.33. The molecule has 1 aromatic heterocycles. The van der Waals surface area contributed by atoms with Gasteiger partial charge in [0.2, 0.25) is 9.84 Å². The zero-order valence-electron chi connectivity index (χ0n) is 18.2.